The third-order valence-corrected chi connectivity index (χ3v) is 3.71. The molecule has 0 aliphatic carbocycles. The molecular formula is C12H18N4S. The molecule has 0 fully saturated rings. The summed E-state index contributed by atoms with van der Waals surface area (Å²) in [6.45, 7) is 8.70. The van der Waals surface area contributed by atoms with Gasteiger partial charge >= 0.3 is 0 Å². The Morgan fingerprint density at radius 3 is 2.88 bits per heavy atom. The standard InChI is InChI=1S/C12H18N4S/c1-8(12(2,3)4)14-11-15-9-5-6-13-7-10(9)17-16-11/h5-8H,1-4H3,(H2,14,15,16). The zero-order valence-electron chi connectivity index (χ0n) is 10.6. The molecule has 5 heteroatoms. The van der Waals surface area contributed by atoms with Gasteiger partial charge in [0.15, 0.2) is 0 Å². The average molecular weight is 250 g/mol. The lowest BCUT2D eigenvalue weighted by Crippen LogP contribution is -2.33. The van der Waals surface area contributed by atoms with Gasteiger partial charge in [-0.25, -0.2) is 4.99 Å². The van der Waals surface area contributed by atoms with Crippen molar-refractivity contribution < 1.29 is 0 Å². The van der Waals surface area contributed by atoms with E-state index in [4.69, 9.17) is 0 Å². The lowest BCUT2D eigenvalue weighted by Gasteiger charge is -2.26. The van der Waals surface area contributed by atoms with Crippen molar-refractivity contribution in [3.05, 3.63) is 18.5 Å². The molecule has 0 amide bonds. The van der Waals surface area contributed by atoms with E-state index in [1.54, 1.807) is 18.1 Å². The minimum absolute atomic E-state index is 0.166. The number of hydrogen-bond acceptors (Lipinski definition) is 3. The summed E-state index contributed by atoms with van der Waals surface area (Å²) in [5.74, 6) is 0.816. The van der Waals surface area contributed by atoms with Gasteiger partial charge in [0.25, 0.3) is 0 Å². The molecule has 0 bridgehead atoms. The van der Waals surface area contributed by atoms with Gasteiger partial charge in [-0.1, -0.05) is 20.8 Å². The van der Waals surface area contributed by atoms with E-state index in [-0.39, 0.29) is 11.5 Å². The van der Waals surface area contributed by atoms with E-state index in [1.807, 2.05) is 12.3 Å². The summed E-state index contributed by atoms with van der Waals surface area (Å²) in [4.78, 5) is 9.83. The van der Waals surface area contributed by atoms with Crippen LogP contribution in [0.2, 0.25) is 0 Å². The first-order valence-electron chi connectivity index (χ1n) is 5.68. The van der Waals surface area contributed by atoms with Gasteiger partial charge in [-0.2, -0.15) is 0 Å². The van der Waals surface area contributed by atoms with Gasteiger partial charge in [-0.15, -0.1) is 0 Å². The fourth-order valence-corrected chi connectivity index (χ4v) is 1.92. The van der Waals surface area contributed by atoms with Gasteiger partial charge in [0, 0.05) is 12.4 Å². The predicted octanol–water partition coefficient (Wildman–Crippen LogP) is 2.89. The lowest BCUT2D eigenvalue weighted by atomic mass is 9.89. The van der Waals surface area contributed by atoms with Gasteiger partial charge in [-0.05, 0) is 30.4 Å². The quantitative estimate of drug-likeness (QED) is 0.752. The maximum Gasteiger partial charge on any atom is 0.206 e. The molecule has 0 saturated carbocycles. The number of anilines is 1. The van der Waals surface area contributed by atoms with E-state index in [9.17, 15) is 0 Å². The molecule has 2 N–H and O–H groups in total. The van der Waals surface area contributed by atoms with Crippen molar-refractivity contribution in [2.24, 2.45) is 10.4 Å². The first kappa shape index (κ1) is 12.2. The van der Waals surface area contributed by atoms with Crippen LogP contribution in [0, 0.1) is 5.41 Å². The highest BCUT2D eigenvalue weighted by atomic mass is 32.2. The second kappa shape index (κ2) is 4.56. The summed E-state index contributed by atoms with van der Waals surface area (Å²) in [5, 5.41) is 3.28. The highest BCUT2D eigenvalue weighted by Crippen LogP contribution is 2.28. The van der Waals surface area contributed by atoms with Gasteiger partial charge in [0.05, 0.1) is 16.6 Å². The van der Waals surface area contributed by atoms with E-state index in [0.29, 0.717) is 0 Å². The van der Waals surface area contributed by atoms with Crippen LogP contribution in [-0.2, 0) is 0 Å². The Morgan fingerprint density at radius 1 is 1.41 bits per heavy atom. The Kier molecular flexibility index (Phi) is 3.28. The maximum absolute atomic E-state index is 4.66. The van der Waals surface area contributed by atoms with E-state index < -0.39 is 0 Å². The van der Waals surface area contributed by atoms with Crippen LogP contribution in [0.25, 0.3) is 0 Å². The van der Waals surface area contributed by atoms with Crippen LogP contribution in [0.15, 0.2) is 28.3 Å². The molecule has 0 aromatic carbocycles. The Balaban J connectivity index is 2.15. The van der Waals surface area contributed by atoms with Gasteiger partial charge in [-0.3, -0.25) is 9.71 Å². The van der Waals surface area contributed by atoms with Crippen LogP contribution in [0.3, 0.4) is 0 Å². The number of aliphatic imine (C=N–C) groups is 1. The van der Waals surface area contributed by atoms with Crippen molar-refractivity contribution >= 4 is 23.6 Å². The van der Waals surface area contributed by atoms with E-state index >= 15 is 0 Å². The number of pyridine rings is 1. The zero-order chi connectivity index (χ0) is 12.5. The first-order chi connectivity index (χ1) is 7.97. The van der Waals surface area contributed by atoms with E-state index in [2.05, 4.69) is 47.7 Å². The second-order valence-corrected chi connectivity index (χ2v) is 6.07. The smallest absolute Gasteiger partial charge is 0.206 e. The largest absolute Gasteiger partial charge is 0.324 e. The van der Waals surface area contributed by atoms with Crippen molar-refractivity contribution in [2.45, 2.75) is 38.6 Å². The molecule has 1 aromatic rings. The van der Waals surface area contributed by atoms with E-state index in [0.717, 1.165) is 16.5 Å². The molecule has 1 unspecified atom stereocenters. The van der Waals surface area contributed by atoms with Crippen LogP contribution < -0.4 is 10.0 Å². The molecule has 1 aromatic heterocycles. The van der Waals surface area contributed by atoms with Gasteiger partial charge in [0.2, 0.25) is 5.96 Å². The fraction of sp³-hybridized carbons (Fsp3) is 0.500. The molecule has 0 radical (unpaired) electrons. The Morgan fingerprint density at radius 2 is 2.18 bits per heavy atom. The monoisotopic (exact) mass is 250 g/mol. The third kappa shape index (κ3) is 2.91. The highest BCUT2D eigenvalue weighted by molar-refractivity contribution is 7.98. The summed E-state index contributed by atoms with van der Waals surface area (Å²) >= 11 is 1.54. The number of guanidine groups is 1. The van der Waals surface area contributed by atoms with Crippen molar-refractivity contribution in [3.8, 4) is 0 Å². The summed E-state index contributed by atoms with van der Waals surface area (Å²) in [6.07, 6.45) is 3.62. The number of fused-ring (bicyclic) bond motifs is 1. The molecule has 1 aliphatic rings. The molecule has 2 rings (SSSR count). The van der Waals surface area contributed by atoms with Crippen molar-refractivity contribution in [3.63, 3.8) is 0 Å². The molecule has 4 nitrogen and oxygen atoms in total. The second-order valence-electron chi connectivity index (χ2n) is 5.22. The van der Waals surface area contributed by atoms with E-state index in [1.165, 1.54) is 0 Å². The highest BCUT2D eigenvalue weighted by Gasteiger charge is 2.21. The number of hydrogen-bond donors (Lipinski definition) is 2. The first-order valence-corrected chi connectivity index (χ1v) is 6.50. The third-order valence-electron chi connectivity index (χ3n) is 2.87. The molecule has 1 atom stereocenters. The van der Waals surface area contributed by atoms with Crippen LogP contribution in [0.1, 0.15) is 27.7 Å². The molecular weight excluding hydrogens is 232 g/mol. The number of nitrogens with one attached hydrogen (secondary N) is 2. The summed E-state index contributed by atoms with van der Waals surface area (Å²) in [6, 6.07) is 2.21. The normalized spacial score (nSPS) is 19.2. The van der Waals surface area contributed by atoms with Crippen LogP contribution in [-0.4, -0.2) is 17.0 Å². The lowest BCUT2D eigenvalue weighted by molar-refractivity contribution is 0.341. The minimum atomic E-state index is 0.166. The summed E-state index contributed by atoms with van der Waals surface area (Å²) in [5.41, 5.74) is 1.23. The number of nitrogens with zero attached hydrogens (tertiary/aromatic N) is 2. The molecule has 17 heavy (non-hydrogen) atoms. The molecule has 92 valence electrons. The molecule has 2 heterocycles. The van der Waals surface area contributed by atoms with Gasteiger partial charge in [0.1, 0.15) is 0 Å². The van der Waals surface area contributed by atoms with Crippen LogP contribution >= 0.6 is 11.9 Å². The fourth-order valence-electron chi connectivity index (χ4n) is 1.27. The average Bonchev–Trinajstić information content (AvgIpc) is 2.27. The van der Waals surface area contributed by atoms with Crippen LogP contribution in [0.5, 0.6) is 0 Å². The zero-order valence-corrected chi connectivity index (χ0v) is 11.4. The minimum Gasteiger partial charge on any atom is -0.324 e. The van der Waals surface area contributed by atoms with Crippen molar-refractivity contribution in [1.29, 1.82) is 0 Å². The molecule has 1 aliphatic heterocycles. The SMILES string of the molecule is CC(N=C1NSc2cnccc2N1)C(C)(C)C. The van der Waals surface area contributed by atoms with Crippen LogP contribution in [0.4, 0.5) is 5.69 Å². The predicted molar refractivity (Wildman–Crippen MR) is 73.2 cm³/mol. The van der Waals surface area contributed by atoms with Crippen molar-refractivity contribution in [2.75, 3.05) is 5.32 Å². The topological polar surface area (TPSA) is 49.3 Å². The molecule has 0 saturated heterocycles. The number of aromatic nitrogens is 1. The molecule has 0 spiro atoms. The summed E-state index contributed by atoms with van der Waals surface area (Å²) < 4.78 is 3.19. The Bertz CT molecular complexity index is 436. The Labute approximate surface area is 106 Å². The Hall–Kier alpha value is -1.23. The summed E-state index contributed by atoms with van der Waals surface area (Å²) in [7, 11) is 0. The maximum atomic E-state index is 4.66. The van der Waals surface area contributed by atoms with Gasteiger partial charge < -0.3 is 5.32 Å². The van der Waals surface area contributed by atoms with Crippen molar-refractivity contribution in [1.82, 2.24) is 9.71 Å². The number of rotatable bonds is 1.